The predicted octanol–water partition coefficient (Wildman–Crippen LogP) is 4.45. The van der Waals surface area contributed by atoms with E-state index in [-0.39, 0.29) is 18.2 Å². The third-order valence-corrected chi connectivity index (χ3v) is 4.90. The van der Waals surface area contributed by atoms with Crippen molar-refractivity contribution in [1.82, 2.24) is 14.7 Å². The summed E-state index contributed by atoms with van der Waals surface area (Å²) in [5.74, 6) is 0.560. The predicted molar refractivity (Wildman–Crippen MR) is 123 cm³/mol. The Labute approximate surface area is 188 Å². The Morgan fingerprint density at radius 3 is 2.44 bits per heavy atom. The Morgan fingerprint density at radius 2 is 1.81 bits per heavy atom. The highest BCUT2D eigenvalue weighted by atomic mass is 16.5. The normalized spacial score (nSPS) is 10.8. The van der Waals surface area contributed by atoms with Gasteiger partial charge in [-0.3, -0.25) is 4.79 Å². The lowest BCUT2D eigenvalue weighted by atomic mass is 10.1. The molecule has 7 nitrogen and oxygen atoms in total. The minimum absolute atomic E-state index is 0.0362. The molecule has 168 valence electrons. The third-order valence-electron chi connectivity index (χ3n) is 4.90. The number of ether oxygens (including phenoxy) is 2. The van der Waals surface area contributed by atoms with Crippen molar-refractivity contribution in [3.05, 3.63) is 65.9 Å². The molecule has 0 radical (unpaired) electrons. The maximum atomic E-state index is 12.7. The molecule has 0 saturated heterocycles. The van der Waals surface area contributed by atoms with E-state index < -0.39 is 5.97 Å². The maximum Gasteiger partial charge on any atom is 0.358 e. The standard InChI is InChI=1S/C25H29N3O4/c1-6-32-25(30)22-15-23(19-8-7-9-21(14-19)31-5)28(26-22)20-12-10-18(11-13-20)24(29)27(4)16-17(2)3/h7-15,17H,6,16H2,1-5H3. The highest BCUT2D eigenvalue weighted by Crippen LogP contribution is 2.27. The van der Waals surface area contributed by atoms with Gasteiger partial charge >= 0.3 is 5.97 Å². The summed E-state index contributed by atoms with van der Waals surface area (Å²) in [6.45, 7) is 6.85. The molecule has 2 aromatic carbocycles. The minimum Gasteiger partial charge on any atom is -0.497 e. The van der Waals surface area contributed by atoms with E-state index in [9.17, 15) is 9.59 Å². The molecule has 32 heavy (non-hydrogen) atoms. The molecule has 0 bridgehead atoms. The van der Waals surface area contributed by atoms with E-state index >= 15 is 0 Å². The topological polar surface area (TPSA) is 73.7 Å². The SMILES string of the molecule is CCOC(=O)c1cc(-c2cccc(OC)c2)n(-c2ccc(C(=O)N(C)CC(C)C)cc2)n1. The summed E-state index contributed by atoms with van der Waals surface area (Å²) in [7, 11) is 3.41. The average molecular weight is 436 g/mol. The fourth-order valence-corrected chi connectivity index (χ4v) is 3.47. The third kappa shape index (κ3) is 5.17. The molecule has 3 aromatic rings. The molecule has 0 aliphatic heterocycles. The van der Waals surface area contributed by atoms with Crippen LogP contribution in [0, 0.1) is 5.92 Å². The van der Waals surface area contributed by atoms with Gasteiger partial charge in [0.25, 0.3) is 5.91 Å². The first-order valence-electron chi connectivity index (χ1n) is 10.6. The van der Waals surface area contributed by atoms with Gasteiger partial charge in [-0.25, -0.2) is 9.48 Å². The number of benzene rings is 2. The molecule has 1 amide bonds. The Hall–Kier alpha value is -3.61. The van der Waals surface area contributed by atoms with Crippen molar-refractivity contribution in [1.29, 1.82) is 0 Å². The van der Waals surface area contributed by atoms with Crippen molar-refractivity contribution >= 4 is 11.9 Å². The molecule has 0 spiro atoms. The van der Waals surface area contributed by atoms with Crippen molar-refractivity contribution in [2.24, 2.45) is 5.92 Å². The van der Waals surface area contributed by atoms with E-state index in [2.05, 4.69) is 18.9 Å². The summed E-state index contributed by atoms with van der Waals surface area (Å²) in [5, 5.41) is 4.49. The van der Waals surface area contributed by atoms with Crippen molar-refractivity contribution < 1.29 is 19.1 Å². The molecule has 0 atom stereocenters. The Bertz CT molecular complexity index is 1090. The number of nitrogens with zero attached hydrogens (tertiary/aromatic N) is 3. The quantitative estimate of drug-likeness (QED) is 0.489. The van der Waals surface area contributed by atoms with Crippen LogP contribution in [-0.4, -0.2) is 53.9 Å². The van der Waals surface area contributed by atoms with Gasteiger partial charge < -0.3 is 14.4 Å². The van der Waals surface area contributed by atoms with Gasteiger partial charge in [0.05, 0.1) is 25.1 Å². The van der Waals surface area contributed by atoms with Crippen LogP contribution in [0.25, 0.3) is 16.9 Å². The lowest BCUT2D eigenvalue weighted by Gasteiger charge is -2.19. The molecule has 0 aliphatic rings. The second kappa shape index (κ2) is 10.1. The number of rotatable bonds is 8. The number of hydrogen-bond donors (Lipinski definition) is 0. The number of amides is 1. The molecule has 1 aromatic heterocycles. The van der Waals surface area contributed by atoms with E-state index in [1.54, 1.807) is 48.9 Å². The fourth-order valence-electron chi connectivity index (χ4n) is 3.47. The van der Waals surface area contributed by atoms with Gasteiger partial charge in [0.15, 0.2) is 5.69 Å². The molecule has 0 aliphatic carbocycles. The Morgan fingerprint density at radius 1 is 1.09 bits per heavy atom. The van der Waals surface area contributed by atoms with Crippen LogP contribution in [0.1, 0.15) is 41.6 Å². The first-order chi connectivity index (χ1) is 15.3. The summed E-state index contributed by atoms with van der Waals surface area (Å²) >= 11 is 0. The number of methoxy groups -OCH3 is 1. The zero-order valence-electron chi connectivity index (χ0n) is 19.2. The molecule has 0 fully saturated rings. The monoisotopic (exact) mass is 435 g/mol. The summed E-state index contributed by atoms with van der Waals surface area (Å²) in [6, 6.07) is 16.4. The number of carbonyl (C=O) groups excluding carboxylic acids is 2. The van der Waals surface area contributed by atoms with Crippen LogP contribution in [-0.2, 0) is 4.74 Å². The minimum atomic E-state index is -0.488. The van der Waals surface area contributed by atoms with Gasteiger partial charge in [-0.05, 0) is 55.3 Å². The van der Waals surface area contributed by atoms with E-state index in [4.69, 9.17) is 9.47 Å². The van der Waals surface area contributed by atoms with E-state index in [1.165, 1.54) is 0 Å². The lowest BCUT2D eigenvalue weighted by molar-refractivity contribution is 0.0518. The van der Waals surface area contributed by atoms with Crippen LogP contribution in [0.5, 0.6) is 5.75 Å². The first kappa shape index (κ1) is 23.1. The van der Waals surface area contributed by atoms with E-state index in [0.29, 0.717) is 29.5 Å². The van der Waals surface area contributed by atoms with Gasteiger partial charge in [0.2, 0.25) is 0 Å². The van der Waals surface area contributed by atoms with Gasteiger partial charge in [-0.1, -0.05) is 26.0 Å². The van der Waals surface area contributed by atoms with Gasteiger partial charge in [-0.2, -0.15) is 5.10 Å². The number of hydrogen-bond acceptors (Lipinski definition) is 5. The zero-order valence-corrected chi connectivity index (χ0v) is 19.2. The summed E-state index contributed by atoms with van der Waals surface area (Å²) in [6.07, 6.45) is 0. The van der Waals surface area contributed by atoms with Crippen LogP contribution in [0.3, 0.4) is 0 Å². The van der Waals surface area contributed by atoms with Crippen LogP contribution in [0.4, 0.5) is 0 Å². The second-order valence-electron chi connectivity index (χ2n) is 7.91. The molecule has 0 saturated carbocycles. The van der Waals surface area contributed by atoms with Crippen LogP contribution in [0.15, 0.2) is 54.6 Å². The summed E-state index contributed by atoms with van der Waals surface area (Å²) in [5.41, 5.74) is 3.08. The average Bonchev–Trinajstić information content (AvgIpc) is 3.24. The molecule has 1 heterocycles. The lowest BCUT2D eigenvalue weighted by Crippen LogP contribution is -2.30. The number of esters is 1. The smallest absolute Gasteiger partial charge is 0.358 e. The van der Waals surface area contributed by atoms with E-state index in [1.807, 2.05) is 36.4 Å². The molecule has 0 N–H and O–H groups in total. The second-order valence-corrected chi connectivity index (χ2v) is 7.91. The first-order valence-corrected chi connectivity index (χ1v) is 10.6. The van der Waals surface area contributed by atoms with Crippen molar-refractivity contribution in [3.63, 3.8) is 0 Å². The Balaban J connectivity index is 2.00. The van der Waals surface area contributed by atoms with Crippen LogP contribution in [0.2, 0.25) is 0 Å². The summed E-state index contributed by atoms with van der Waals surface area (Å²) < 4.78 is 12.1. The molecule has 0 unspecified atom stereocenters. The van der Waals surface area contributed by atoms with Crippen molar-refractivity contribution in [2.45, 2.75) is 20.8 Å². The van der Waals surface area contributed by atoms with Gasteiger partial charge in [-0.15, -0.1) is 0 Å². The van der Waals surface area contributed by atoms with Gasteiger partial charge in [0, 0.05) is 24.7 Å². The Kier molecular flexibility index (Phi) is 7.30. The van der Waals surface area contributed by atoms with E-state index in [0.717, 1.165) is 11.3 Å². The number of aromatic nitrogens is 2. The van der Waals surface area contributed by atoms with Crippen molar-refractivity contribution in [2.75, 3.05) is 27.3 Å². The largest absolute Gasteiger partial charge is 0.497 e. The van der Waals surface area contributed by atoms with Gasteiger partial charge in [0.1, 0.15) is 5.75 Å². The summed E-state index contributed by atoms with van der Waals surface area (Å²) in [4.78, 5) is 26.7. The van der Waals surface area contributed by atoms with Crippen molar-refractivity contribution in [3.8, 4) is 22.7 Å². The highest BCUT2D eigenvalue weighted by Gasteiger charge is 2.19. The zero-order chi connectivity index (χ0) is 23.3. The molecular weight excluding hydrogens is 406 g/mol. The highest BCUT2D eigenvalue weighted by molar-refractivity contribution is 5.94. The van der Waals surface area contributed by atoms with Crippen LogP contribution < -0.4 is 4.74 Å². The molecule has 3 rings (SSSR count). The molecular formula is C25H29N3O4. The fraction of sp³-hybridized carbons (Fsp3) is 0.320. The maximum absolute atomic E-state index is 12.7. The van der Waals surface area contributed by atoms with Crippen LogP contribution >= 0.6 is 0 Å². The number of carbonyl (C=O) groups is 2. The molecule has 7 heteroatoms.